The number of ketones is 1. The number of hydrogen-bond donors (Lipinski definition) is 2. The molecule has 0 saturated carbocycles. The van der Waals surface area contributed by atoms with Crippen LogP contribution in [0.2, 0.25) is 0 Å². The van der Waals surface area contributed by atoms with E-state index in [0.29, 0.717) is 12.8 Å². The van der Waals surface area contributed by atoms with E-state index in [1.54, 1.807) is 0 Å². The van der Waals surface area contributed by atoms with E-state index in [-0.39, 0.29) is 11.7 Å². The molecule has 0 fully saturated rings. The zero-order valence-electron chi connectivity index (χ0n) is 9.59. The molecule has 0 aromatic heterocycles. The van der Waals surface area contributed by atoms with E-state index in [1.807, 2.05) is 0 Å². The fourth-order valence-electron chi connectivity index (χ4n) is 1.67. The Morgan fingerprint density at radius 1 is 1.27 bits per heavy atom. The van der Waals surface area contributed by atoms with Gasteiger partial charge >= 0.3 is 0 Å². The molecule has 0 radical (unpaired) electrons. The molecular weight excluding hydrogens is 188 g/mol. The van der Waals surface area contributed by atoms with Crippen molar-refractivity contribution >= 4 is 18.2 Å². The van der Waals surface area contributed by atoms with Crippen molar-refractivity contribution in [2.24, 2.45) is 5.92 Å². The van der Waals surface area contributed by atoms with E-state index in [4.69, 9.17) is 10.8 Å². The molecule has 0 bridgehead atoms. The van der Waals surface area contributed by atoms with Crippen molar-refractivity contribution in [3.05, 3.63) is 0 Å². The van der Waals surface area contributed by atoms with Gasteiger partial charge < -0.3 is 10.8 Å². The number of Topliss-reactive ketones (excluding diaryl/α,β-unsaturated/α-hetero) is 1. The lowest BCUT2D eigenvalue weighted by Gasteiger charge is -2.12. The molecule has 0 aliphatic heterocycles. The van der Waals surface area contributed by atoms with E-state index in [2.05, 4.69) is 6.92 Å². The van der Waals surface area contributed by atoms with Gasteiger partial charge in [-0.2, -0.15) is 0 Å². The largest absolute Gasteiger partial charge is 0.313 e. The van der Waals surface area contributed by atoms with Crippen molar-refractivity contribution in [3.8, 4) is 0 Å². The van der Waals surface area contributed by atoms with Crippen LogP contribution in [0, 0.1) is 16.7 Å². The monoisotopic (exact) mass is 210 g/mol. The van der Waals surface area contributed by atoms with Gasteiger partial charge in [-0.25, -0.2) is 0 Å². The maximum Gasteiger partial charge on any atom is 0.173 e. The van der Waals surface area contributed by atoms with Crippen LogP contribution < -0.4 is 0 Å². The van der Waals surface area contributed by atoms with Crippen molar-refractivity contribution < 1.29 is 4.79 Å². The number of unbranched alkanes of at least 4 members (excludes halogenated alkanes) is 3. The minimum Gasteiger partial charge on any atom is -0.313 e. The summed E-state index contributed by atoms with van der Waals surface area (Å²) in [7, 11) is 0. The van der Waals surface area contributed by atoms with Crippen LogP contribution in [0.15, 0.2) is 0 Å². The molecule has 0 saturated heterocycles. The first kappa shape index (κ1) is 14.0. The summed E-state index contributed by atoms with van der Waals surface area (Å²) < 4.78 is 0. The third kappa shape index (κ3) is 8.03. The summed E-state index contributed by atoms with van der Waals surface area (Å²) in [4.78, 5) is 11.1. The number of rotatable bonds is 10. The highest BCUT2D eigenvalue weighted by molar-refractivity contribution is 6.26. The van der Waals surface area contributed by atoms with Crippen LogP contribution in [-0.4, -0.2) is 18.2 Å². The van der Waals surface area contributed by atoms with Crippen LogP contribution in [-0.2, 0) is 4.79 Å². The summed E-state index contributed by atoms with van der Waals surface area (Å²) >= 11 is 0. The van der Waals surface area contributed by atoms with Crippen molar-refractivity contribution in [2.45, 2.75) is 51.9 Å². The molecule has 86 valence electrons. The molecule has 0 aliphatic carbocycles. The molecule has 0 aliphatic rings. The van der Waals surface area contributed by atoms with Gasteiger partial charge in [0.1, 0.15) is 0 Å². The quantitative estimate of drug-likeness (QED) is 0.422. The third-order valence-electron chi connectivity index (χ3n) is 2.57. The van der Waals surface area contributed by atoms with Gasteiger partial charge in [0.15, 0.2) is 5.78 Å². The van der Waals surface area contributed by atoms with Crippen LogP contribution in [0.4, 0.5) is 0 Å². The fourth-order valence-corrected chi connectivity index (χ4v) is 1.67. The molecule has 0 heterocycles. The minimum atomic E-state index is -0.114. The summed E-state index contributed by atoms with van der Waals surface area (Å²) in [6.45, 7) is 2.17. The summed E-state index contributed by atoms with van der Waals surface area (Å²) in [5.74, 6) is 0.158. The van der Waals surface area contributed by atoms with Gasteiger partial charge in [-0.05, 0) is 25.0 Å². The van der Waals surface area contributed by atoms with E-state index < -0.39 is 0 Å². The Labute approximate surface area is 92.3 Å². The smallest absolute Gasteiger partial charge is 0.173 e. The molecule has 1 atom stereocenters. The topological polar surface area (TPSA) is 64.8 Å². The predicted octanol–water partition coefficient (Wildman–Crippen LogP) is 3.22. The van der Waals surface area contributed by atoms with Gasteiger partial charge in [-0.1, -0.05) is 32.6 Å². The Morgan fingerprint density at radius 3 is 2.53 bits per heavy atom. The Kier molecular flexibility index (Phi) is 8.93. The molecule has 0 rings (SSSR count). The average Bonchev–Trinajstić information content (AvgIpc) is 2.24. The maximum atomic E-state index is 11.1. The van der Waals surface area contributed by atoms with Crippen LogP contribution in [0.5, 0.6) is 0 Å². The normalized spacial score (nSPS) is 12.1. The van der Waals surface area contributed by atoms with Crippen LogP contribution in [0.1, 0.15) is 51.9 Å². The lowest BCUT2D eigenvalue weighted by atomic mass is 9.93. The highest BCUT2D eigenvalue weighted by atomic mass is 16.1. The van der Waals surface area contributed by atoms with E-state index >= 15 is 0 Å². The zero-order valence-corrected chi connectivity index (χ0v) is 9.59. The number of carbonyl (C=O) groups excluding carboxylic acids is 1. The average molecular weight is 210 g/mol. The van der Waals surface area contributed by atoms with Crippen molar-refractivity contribution in [2.75, 3.05) is 0 Å². The molecule has 3 nitrogen and oxygen atoms in total. The summed E-state index contributed by atoms with van der Waals surface area (Å²) in [5, 5.41) is 13.9. The highest BCUT2D eigenvalue weighted by Gasteiger charge is 2.10. The molecule has 0 amide bonds. The van der Waals surface area contributed by atoms with E-state index in [1.165, 1.54) is 25.5 Å². The Bertz CT molecular complexity index is 202. The van der Waals surface area contributed by atoms with E-state index in [9.17, 15) is 4.79 Å². The van der Waals surface area contributed by atoms with Gasteiger partial charge in [0.2, 0.25) is 0 Å². The first-order valence-corrected chi connectivity index (χ1v) is 5.76. The number of nitrogens with one attached hydrogen (secondary N) is 2. The SMILES string of the molecule is CCCCCCC(CC=N)CC(=O)C=N. The second-order valence-corrected chi connectivity index (χ2v) is 3.97. The van der Waals surface area contributed by atoms with Crippen LogP contribution in [0.25, 0.3) is 0 Å². The van der Waals surface area contributed by atoms with Crippen molar-refractivity contribution in [1.82, 2.24) is 0 Å². The van der Waals surface area contributed by atoms with Crippen molar-refractivity contribution in [3.63, 3.8) is 0 Å². The molecule has 0 aromatic rings. The Balaban J connectivity index is 3.76. The molecule has 3 heteroatoms. The first-order chi connectivity index (χ1) is 7.24. The fraction of sp³-hybridized carbons (Fsp3) is 0.750. The minimum absolute atomic E-state index is 0.114. The van der Waals surface area contributed by atoms with Gasteiger partial charge in [0.05, 0.1) is 6.21 Å². The lowest BCUT2D eigenvalue weighted by Crippen LogP contribution is -2.09. The molecule has 1 unspecified atom stereocenters. The highest BCUT2D eigenvalue weighted by Crippen LogP contribution is 2.17. The molecular formula is C12H22N2O. The van der Waals surface area contributed by atoms with Gasteiger partial charge in [-0.3, -0.25) is 4.79 Å². The Hall–Kier alpha value is -0.990. The second-order valence-electron chi connectivity index (χ2n) is 3.97. The van der Waals surface area contributed by atoms with E-state index in [0.717, 1.165) is 19.1 Å². The zero-order chi connectivity index (χ0) is 11.5. The van der Waals surface area contributed by atoms with Gasteiger partial charge in [-0.15, -0.1) is 0 Å². The first-order valence-electron chi connectivity index (χ1n) is 5.76. The Morgan fingerprint density at radius 2 is 2.00 bits per heavy atom. The molecule has 15 heavy (non-hydrogen) atoms. The third-order valence-corrected chi connectivity index (χ3v) is 2.57. The molecule has 0 aromatic carbocycles. The number of hydrogen-bond acceptors (Lipinski definition) is 3. The van der Waals surface area contributed by atoms with Gasteiger partial charge in [0.25, 0.3) is 0 Å². The second kappa shape index (κ2) is 9.56. The van der Waals surface area contributed by atoms with Gasteiger partial charge in [0, 0.05) is 6.42 Å². The predicted molar refractivity (Wildman–Crippen MR) is 64.1 cm³/mol. The van der Waals surface area contributed by atoms with Crippen LogP contribution >= 0.6 is 0 Å². The summed E-state index contributed by atoms with van der Waals surface area (Å²) in [6, 6.07) is 0. The maximum absolute atomic E-state index is 11.1. The lowest BCUT2D eigenvalue weighted by molar-refractivity contribution is -0.113. The van der Waals surface area contributed by atoms with Crippen molar-refractivity contribution in [1.29, 1.82) is 10.8 Å². The number of carbonyl (C=O) groups is 1. The summed E-state index contributed by atoms with van der Waals surface area (Å²) in [6.07, 6.45) is 9.20. The standard InChI is InChI=1S/C12H22N2O/c1-2-3-4-5-6-11(7-8-13)9-12(15)10-14/h8,10-11,13-14H,2-7,9H2,1H3. The van der Waals surface area contributed by atoms with Crippen LogP contribution in [0.3, 0.4) is 0 Å². The molecule has 2 N–H and O–H groups in total. The summed E-state index contributed by atoms with van der Waals surface area (Å²) in [5.41, 5.74) is 0. The molecule has 0 spiro atoms.